The molecule has 0 fully saturated rings. The summed E-state index contributed by atoms with van der Waals surface area (Å²) in [6.45, 7) is 2.69. The van der Waals surface area contributed by atoms with E-state index in [4.69, 9.17) is 0 Å². The van der Waals surface area contributed by atoms with Crippen molar-refractivity contribution in [2.24, 2.45) is 0 Å². The van der Waals surface area contributed by atoms with E-state index in [1.54, 1.807) is 27.6 Å². The minimum atomic E-state index is 0.106. The van der Waals surface area contributed by atoms with E-state index >= 15 is 0 Å². The minimum absolute atomic E-state index is 0.106. The number of hydrogen-bond acceptors (Lipinski definition) is 3. The Morgan fingerprint density at radius 2 is 2.05 bits per heavy atom. The number of benzene rings is 1. The quantitative estimate of drug-likeness (QED) is 0.695. The topological polar surface area (TPSA) is 20.3 Å². The van der Waals surface area contributed by atoms with Crippen LogP contribution in [0, 0.1) is 6.92 Å². The minimum Gasteiger partial charge on any atom is -0.337 e. The Morgan fingerprint density at radius 3 is 2.75 bits per heavy atom. The van der Waals surface area contributed by atoms with Crippen LogP contribution in [0.4, 0.5) is 0 Å². The molecule has 0 bridgehead atoms. The Kier molecular flexibility index (Phi) is 3.59. The van der Waals surface area contributed by atoms with Crippen molar-refractivity contribution in [2.75, 3.05) is 7.05 Å². The van der Waals surface area contributed by atoms with E-state index < -0.39 is 0 Å². The highest BCUT2D eigenvalue weighted by molar-refractivity contribution is 7.21. The summed E-state index contributed by atoms with van der Waals surface area (Å²) in [4.78, 5) is 15.2. The molecule has 20 heavy (non-hydrogen) atoms. The zero-order chi connectivity index (χ0) is 14.1. The molecular formula is C16H15NOS2. The highest BCUT2D eigenvalue weighted by Gasteiger charge is 2.18. The molecule has 0 unspecified atom stereocenters. The van der Waals surface area contributed by atoms with Crippen molar-refractivity contribution in [3.05, 3.63) is 57.1 Å². The summed E-state index contributed by atoms with van der Waals surface area (Å²) in [6.07, 6.45) is 0. The molecule has 2 heterocycles. The first-order valence-corrected chi connectivity index (χ1v) is 8.17. The fourth-order valence-electron chi connectivity index (χ4n) is 2.28. The lowest BCUT2D eigenvalue weighted by molar-refractivity contribution is 0.0789. The molecule has 2 aromatic heterocycles. The lowest BCUT2D eigenvalue weighted by Crippen LogP contribution is -2.25. The monoisotopic (exact) mass is 301 g/mol. The number of nitrogens with zero attached hydrogens (tertiary/aromatic N) is 1. The maximum atomic E-state index is 12.6. The van der Waals surface area contributed by atoms with E-state index in [2.05, 4.69) is 23.6 Å². The van der Waals surface area contributed by atoms with Gasteiger partial charge in [0.25, 0.3) is 5.91 Å². The van der Waals surface area contributed by atoms with E-state index in [9.17, 15) is 4.79 Å². The van der Waals surface area contributed by atoms with Crippen molar-refractivity contribution in [3.63, 3.8) is 0 Å². The molecule has 102 valence electrons. The summed E-state index contributed by atoms with van der Waals surface area (Å²) in [5.74, 6) is 0.106. The van der Waals surface area contributed by atoms with E-state index in [1.807, 2.05) is 31.5 Å². The molecule has 3 rings (SSSR count). The number of fused-ring (bicyclic) bond motifs is 1. The molecule has 1 amide bonds. The molecule has 0 atom stereocenters. The van der Waals surface area contributed by atoms with Crippen LogP contribution < -0.4 is 0 Å². The third kappa shape index (κ3) is 2.37. The Morgan fingerprint density at radius 1 is 1.25 bits per heavy atom. The lowest BCUT2D eigenvalue weighted by atomic mass is 10.1. The van der Waals surface area contributed by atoms with Crippen LogP contribution in [0.25, 0.3) is 10.1 Å². The number of rotatable bonds is 3. The summed E-state index contributed by atoms with van der Waals surface area (Å²) < 4.78 is 1.18. The highest BCUT2D eigenvalue weighted by Crippen LogP contribution is 2.31. The van der Waals surface area contributed by atoms with Gasteiger partial charge in [0.05, 0.1) is 4.88 Å². The summed E-state index contributed by atoms with van der Waals surface area (Å²) in [7, 11) is 1.86. The smallest absolute Gasteiger partial charge is 0.264 e. The van der Waals surface area contributed by atoms with E-state index in [1.165, 1.54) is 15.6 Å². The third-order valence-corrected chi connectivity index (χ3v) is 5.38. The van der Waals surface area contributed by atoms with Gasteiger partial charge >= 0.3 is 0 Å². The summed E-state index contributed by atoms with van der Waals surface area (Å²) >= 11 is 3.25. The van der Waals surface area contributed by atoms with Crippen molar-refractivity contribution in [2.45, 2.75) is 13.5 Å². The third-order valence-electron chi connectivity index (χ3n) is 3.38. The van der Waals surface area contributed by atoms with Gasteiger partial charge in [-0.05, 0) is 46.3 Å². The molecule has 0 aliphatic heterocycles. The van der Waals surface area contributed by atoms with Gasteiger partial charge < -0.3 is 4.90 Å². The van der Waals surface area contributed by atoms with Crippen molar-refractivity contribution in [1.82, 2.24) is 4.90 Å². The van der Waals surface area contributed by atoms with Crippen LogP contribution in [0.5, 0.6) is 0 Å². The van der Waals surface area contributed by atoms with Gasteiger partial charge in [-0.3, -0.25) is 4.79 Å². The van der Waals surface area contributed by atoms with Gasteiger partial charge in [-0.1, -0.05) is 18.2 Å². The Balaban J connectivity index is 1.90. The molecule has 0 aliphatic carbocycles. The Labute approximate surface area is 126 Å². The van der Waals surface area contributed by atoms with Crippen LogP contribution in [0.1, 0.15) is 20.8 Å². The van der Waals surface area contributed by atoms with Gasteiger partial charge in [0, 0.05) is 18.3 Å². The van der Waals surface area contributed by atoms with Crippen LogP contribution in [0.15, 0.2) is 41.1 Å². The molecule has 0 N–H and O–H groups in total. The van der Waals surface area contributed by atoms with Crippen molar-refractivity contribution < 1.29 is 4.79 Å². The summed E-state index contributed by atoms with van der Waals surface area (Å²) in [5, 5.41) is 5.31. The maximum Gasteiger partial charge on any atom is 0.264 e. The molecule has 0 spiro atoms. The van der Waals surface area contributed by atoms with Gasteiger partial charge in [0.1, 0.15) is 0 Å². The van der Waals surface area contributed by atoms with Crippen LogP contribution in [-0.2, 0) is 6.54 Å². The number of carbonyl (C=O) groups excluding carboxylic acids is 1. The van der Waals surface area contributed by atoms with Gasteiger partial charge in [0.15, 0.2) is 0 Å². The summed E-state index contributed by atoms with van der Waals surface area (Å²) in [5.41, 5.74) is 2.28. The zero-order valence-electron chi connectivity index (χ0n) is 11.4. The van der Waals surface area contributed by atoms with Crippen LogP contribution >= 0.6 is 22.7 Å². The maximum absolute atomic E-state index is 12.6. The fraction of sp³-hybridized carbons (Fsp3) is 0.188. The molecule has 4 heteroatoms. The van der Waals surface area contributed by atoms with Crippen LogP contribution in [-0.4, -0.2) is 17.9 Å². The summed E-state index contributed by atoms with van der Waals surface area (Å²) in [6, 6.07) is 10.2. The fourth-order valence-corrected chi connectivity index (χ4v) is 4.14. The second-order valence-corrected chi connectivity index (χ2v) is 6.68. The molecule has 2 nitrogen and oxygen atoms in total. The van der Waals surface area contributed by atoms with E-state index in [-0.39, 0.29) is 5.91 Å². The highest BCUT2D eigenvalue weighted by atomic mass is 32.1. The average Bonchev–Trinajstić information content (AvgIpc) is 3.07. The standard InChI is InChI=1S/C16H15NOS2/c1-11-13-5-3-4-6-14(13)20-15(11)16(18)17(2)9-12-7-8-19-10-12/h3-8,10H,9H2,1-2H3. The predicted molar refractivity (Wildman–Crippen MR) is 86.7 cm³/mol. The van der Waals surface area contributed by atoms with Crippen LogP contribution in [0.2, 0.25) is 0 Å². The lowest BCUT2D eigenvalue weighted by Gasteiger charge is -2.16. The second-order valence-electron chi connectivity index (χ2n) is 4.85. The second kappa shape index (κ2) is 5.38. The van der Waals surface area contributed by atoms with E-state index in [0.717, 1.165) is 10.4 Å². The largest absolute Gasteiger partial charge is 0.337 e. The average molecular weight is 301 g/mol. The van der Waals surface area contributed by atoms with Gasteiger partial charge in [-0.25, -0.2) is 0 Å². The van der Waals surface area contributed by atoms with E-state index in [0.29, 0.717) is 6.54 Å². The van der Waals surface area contributed by atoms with Crippen molar-refractivity contribution in [1.29, 1.82) is 0 Å². The number of aryl methyl sites for hydroxylation is 1. The number of amides is 1. The SMILES string of the molecule is Cc1c(C(=O)N(C)Cc2ccsc2)sc2ccccc12. The molecule has 0 saturated heterocycles. The Hall–Kier alpha value is -1.65. The first kappa shape index (κ1) is 13.3. The van der Waals surface area contributed by atoms with Gasteiger partial charge in [-0.2, -0.15) is 11.3 Å². The Bertz CT molecular complexity index is 743. The number of carbonyl (C=O) groups is 1. The van der Waals surface area contributed by atoms with Gasteiger partial charge in [0.2, 0.25) is 0 Å². The predicted octanol–water partition coefficient (Wildman–Crippen LogP) is 4.54. The first-order chi connectivity index (χ1) is 9.66. The van der Waals surface area contributed by atoms with Crippen molar-refractivity contribution in [3.8, 4) is 0 Å². The van der Waals surface area contributed by atoms with Crippen LogP contribution in [0.3, 0.4) is 0 Å². The zero-order valence-corrected chi connectivity index (χ0v) is 13.1. The van der Waals surface area contributed by atoms with Gasteiger partial charge in [-0.15, -0.1) is 11.3 Å². The van der Waals surface area contributed by atoms with Crippen molar-refractivity contribution >= 4 is 38.7 Å². The molecule has 3 aromatic rings. The molecule has 0 aliphatic rings. The molecule has 1 aromatic carbocycles. The molecule has 0 saturated carbocycles. The first-order valence-electron chi connectivity index (χ1n) is 6.41. The molecule has 0 radical (unpaired) electrons. The molecular weight excluding hydrogens is 286 g/mol. The number of hydrogen-bond donors (Lipinski definition) is 0. The number of thiophene rings is 2. The normalized spacial score (nSPS) is 10.9.